The molecule has 0 aliphatic carbocycles. The summed E-state index contributed by atoms with van der Waals surface area (Å²) in [6.07, 6.45) is 15.4. The van der Waals surface area contributed by atoms with Crippen LogP contribution in [0.25, 0.3) is 0 Å². The Labute approximate surface area is 352 Å². The van der Waals surface area contributed by atoms with Crippen molar-refractivity contribution in [3.8, 4) is 0 Å². The van der Waals surface area contributed by atoms with E-state index in [0.29, 0.717) is 32.1 Å². The Balaban J connectivity index is 2.25. The highest BCUT2D eigenvalue weighted by molar-refractivity contribution is 5.71. The van der Waals surface area contributed by atoms with Crippen molar-refractivity contribution in [3.05, 3.63) is 36.2 Å². The van der Waals surface area contributed by atoms with E-state index in [1.807, 2.05) is 27.7 Å². The van der Waals surface area contributed by atoms with Crippen molar-refractivity contribution in [2.75, 3.05) is 0 Å². The molecule has 6 unspecified atom stereocenters. The molecule has 0 saturated heterocycles. The quantitative estimate of drug-likeness (QED) is 0.0299. The molecule has 1 N–H and O–H groups in total. The Morgan fingerprint density at radius 3 is 1.68 bits per heavy atom. The number of unbranched alkanes of at least 4 members (excludes halogenated alkanes) is 12. The first kappa shape index (κ1) is 51.4. The fraction of sp³-hybridized carbons (Fsp3) is 0.778. The lowest BCUT2D eigenvalue weighted by molar-refractivity contribution is -0.188. The molecule has 0 spiro atoms. The van der Waals surface area contributed by atoms with Crippen molar-refractivity contribution in [2.24, 2.45) is 0 Å². The van der Waals surface area contributed by atoms with E-state index >= 15 is 0 Å². The van der Waals surface area contributed by atoms with Gasteiger partial charge in [-0.15, -0.1) is 0 Å². The van der Waals surface area contributed by atoms with E-state index < -0.39 is 60.7 Å². The SMILES string of the molecule is CCCCCCCCCCCCCCCC(O)OC(c1cnco1)c1nc(C(CC(OC(=O)CCC)C(OC(=O)CCC)C(C)OC(=O)CCC)OC(=O)CCC)co1. The summed E-state index contributed by atoms with van der Waals surface area (Å²) in [4.78, 5) is 60.2. The Morgan fingerprint density at radius 2 is 1.15 bits per heavy atom. The summed E-state index contributed by atoms with van der Waals surface area (Å²) in [6.45, 7) is 11.1. The second kappa shape index (κ2) is 31.1. The molecule has 0 aliphatic rings. The lowest BCUT2D eigenvalue weighted by atomic mass is 10.00. The Hall–Kier alpha value is -3.78. The van der Waals surface area contributed by atoms with E-state index in [4.69, 9.17) is 32.5 Å². The number of aromatic nitrogens is 2. The monoisotopic (exact) mass is 835 g/mol. The van der Waals surface area contributed by atoms with Crippen molar-refractivity contribution < 1.29 is 56.8 Å². The molecule has 0 aromatic carbocycles. The molecule has 2 aromatic heterocycles. The van der Waals surface area contributed by atoms with Gasteiger partial charge in [-0.05, 0) is 45.4 Å². The first-order valence-corrected chi connectivity index (χ1v) is 22.5. The molecule has 2 heterocycles. The fourth-order valence-corrected chi connectivity index (χ4v) is 6.70. The van der Waals surface area contributed by atoms with Gasteiger partial charge in [-0.25, -0.2) is 9.97 Å². The highest BCUT2D eigenvalue weighted by Gasteiger charge is 2.39. The summed E-state index contributed by atoms with van der Waals surface area (Å²) in [5.74, 6) is -1.95. The first-order valence-electron chi connectivity index (χ1n) is 22.5. The van der Waals surface area contributed by atoms with E-state index in [1.54, 1.807) is 6.92 Å². The number of hydrogen-bond acceptors (Lipinski definition) is 14. The highest BCUT2D eigenvalue weighted by atomic mass is 16.6. The number of esters is 4. The molecule has 0 fully saturated rings. The van der Waals surface area contributed by atoms with Crippen LogP contribution in [0.2, 0.25) is 0 Å². The average Bonchev–Trinajstić information content (AvgIpc) is 3.92. The van der Waals surface area contributed by atoms with Crippen molar-refractivity contribution in [1.29, 1.82) is 0 Å². The van der Waals surface area contributed by atoms with Crippen LogP contribution in [0.3, 0.4) is 0 Å². The van der Waals surface area contributed by atoms with Gasteiger partial charge in [0.05, 0.1) is 6.20 Å². The van der Waals surface area contributed by atoms with Gasteiger partial charge >= 0.3 is 23.9 Å². The van der Waals surface area contributed by atoms with Crippen molar-refractivity contribution in [1.82, 2.24) is 9.97 Å². The number of carbonyl (C=O) groups excluding carboxylic acids is 4. The molecule has 0 aliphatic heterocycles. The molecule has 2 aromatic rings. The Bertz CT molecular complexity index is 1410. The standard InChI is InChI=1S/C45H74N2O12/c1-7-12-13-14-15-16-17-18-19-20-21-22-23-28-42(52)59-44(37-30-46-32-54-37)45-47-34(31-53-45)35(56-39(49)25-9-3)29-36(57-40(50)26-10-4)43(58-41(51)27-11-5)33(6)55-38(48)24-8-2/h30-33,35-36,42-44,52H,7-29H2,1-6H3. The van der Waals surface area contributed by atoms with Gasteiger partial charge in [0.2, 0.25) is 5.89 Å². The second-order valence-corrected chi connectivity index (χ2v) is 15.4. The summed E-state index contributed by atoms with van der Waals surface area (Å²) >= 11 is 0. The average molecular weight is 835 g/mol. The van der Waals surface area contributed by atoms with Crippen LogP contribution in [0.1, 0.15) is 219 Å². The van der Waals surface area contributed by atoms with Gasteiger partial charge in [0.25, 0.3) is 0 Å². The normalized spacial score (nSPS) is 14.5. The molecular formula is C45H74N2O12. The summed E-state index contributed by atoms with van der Waals surface area (Å²) in [7, 11) is 0. The van der Waals surface area contributed by atoms with Crippen LogP contribution in [0.4, 0.5) is 0 Å². The maximum atomic E-state index is 13.0. The lowest BCUT2D eigenvalue weighted by Crippen LogP contribution is -2.45. The topological polar surface area (TPSA) is 187 Å². The molecule has 0 amide bonds. The fourth-order valence-electron chi connectivity index (χ4n) is 6.70. The zero-order chi connectivity index (χ0) is 43.3. The maximum Gasteiger partial charge on any atom is 0.306 e. The van der Waals surface area contributed by atoms with E-state index in [9.17, 15) is 24.3 Å². The van der Waals surface area contributed by atoms with E-state index in [1.165, 1.54) is 83.1 Å². The third kappa shape index (κ3) is 21.3. The van der Waals surface area contributed by atoms with Crippen LogP contribution in [-0.4, -0.2) is 63.6 Å². The number of nitrogens with zero attached hydrogens (tertiary/aromatic N) is 2. The van der Waals surface area contributed by atoms with Gasteiger partial charge in [0.1, 0.15) is 24.2 Å². The first-order chi connectivity index (χ1) is 28.6. The van der Waals surface area contributed by atoms with Crippen LogP contribution in [0.5, 0.6) is 0 Å². The van der Waals surface area contributed by atoms with E-state index in [-0.39, 0.29) is 49.4 Å². The Morgan fingerprint density at radius 1 is 0.644 bits per heavy atom. The minimum atomic E-state index is -1.24. The molecule has 6 atom stereocenters. The lowest BCUT2D eigenvalue weighted by Gasteiger charge is -2.32. The molecule has 0 bridgehead atoms. The zero-order valence-electron chi connectivity index (χ0n) is 36.8. The molecule has 14 nitrogen and oxygen atoms in total. The number of aliphatic hydroxyl groups is 1. The van der Waals surface area contributed by atoms with E-state index in [2.05, 4.69) is 16.9 Å². The summed E-state index contributed by atoms with van der Waals surface area (Å²) in [5, 5.41) is 11.0. The summed E-state index contributed by atoms with van der Waals surface area (Å²) in [5.41, 5.74) is 0.148. The van der Waals surface area contributed by atoms with Crippen LogP contribution < -0.4 is 0 Å². The second-order valence-electron chi connectivity index (χ2n) is 15.4. The minimum absolute atomic E-state index is 0.00465. The largest absolute Gasteiger partial charge is 0.459 e. The van der Waals surface area contributed by atoms with Crippen molar-refractivity contribution >= 4 is 23.9 Å². The van der Waals surface area contributed by atoms with Gasteiger partial charge in [0.15, 0.2) is 36.8 Å². The molecule has 14 heteroatoms. The smallest absolute Gasteiger partial charge is 0.306 e. The molecule has 2 rings (SSSR count). The third-order valence-electron chi connectivity index (χ3n) is 9.88. The molecule has 59 heavy (non-hydrogen) atoms. The minimum Gasteiger partial charge on any atom is -0.459 e. The molecule has 336 valence electrons. The number of carbonyl (C=O) groups is 4. The molecule has 0 radical (unpaired) electrons. The van der Waals surface area contributed by atoms with Crippen LogP contribution in [0, 0.1) is 0 Å². The number of oxazole rings is 2. The van der Waals surface area contributed by atoms with E-state index in [0.717, 1.165) is 19.3 Å². The Kier molecular flexibility index (Phi) is 27.1. The van der Waals surface area contributed by atoms with Gasteiger partial charge in [-0.3, -0.25) is 19.2 Å². The van der Waals surface area contributed by atoms with Crippen LogP contribution in [0.15, 0.2) is 27.7 Å². The van der Waals surface area contributed by atoms with Gasteiger partial charge in [-0.2, -0.15) is 0 Å². The van der Waals surface area contributed by atoms with Crippen molar-refractivity contribution in [2.45, 2.75) is 226 Å². The van der Waals surface area contributed by atoms with Crippen molar-refractivity contribution in [3.63, 3.8) is 0 Å². The number of aliphatic hydroxyl groups excluding tert-OH is 1. The molecular weight excluding hydrogens is 760 g/mol. The molecule has 0 saturated carbocycles. The van der Waals surface area contributed by atoms with Crippen LogP contribution in [-0.2, 0) is 42.9 Å². The van der Waals surface area contributed by atoms with Gasteiger partial charge < -0.3 is 37.6 Å². The summed E-state index contributed by atoms with van der Waals surface area (Å²) < 4.78 is 40.8. The maximum absolute atomic E-state index is 13.0. The number of ether oxygens (including phenoxy) is 5. The van der Waals surface area contributed by atoms with Crippen LogP contribution >= 0.6 is 0 Å². The number of rotatable bonds is 35. The van der Waals surface area contributed by atoms with Gasteiger partial charge in [0, 0.05) is 32.1 Å². The summed E-state index contributed by atoms with van der Waals surface area (Å²) in [6, 6.07) is 0. The predicted octanol–water partition coefficient (Wildman–Crippen LogP) is 10.5. The zero-order valence-corrected chi connectivity index (χ0v) is 36.8. The third-order valence-corrected chi connectivity index (χ3v) is 9.88. The highest BCUT2D eigenvalue weighted by Crippen LogP contribution is 2.33. The predicted molar refractivity (Wildman–Crippen MR) is 221 cm³/mol. The van der Waals surface area contributed by atoms with Gasteiger partial charge in [-0.1, -0.05) is 112 Å². The number of hydrogen-bond donors (Lipinski definition) is 1.